The first-order valence-corrected chi connectivity index (χ1v) is 14.7. The summed E-state index contributed by atoms with van der Waals surface area (Å²) in [6.07, 6.45) is 3.76. The van der Waals surface area contributed by atoms with Crippen LogP contribution in [0, 0.1) is 5.92 Å². The van der Waals surface area contributed by atoms with Crippen LogP contribution in [0.15, 0.2) is 60.8 Å². The van der Waals surface area contributed by atoms with Crippen molar-refractivity contribution in [1.29, 1.82) is 0 Å². The molecule has 0 radical (unpaired) electrons. The number of ether oxygens (including phenoxy) is 1. The van der Waals surface area contributed by atoms with E-state index in [-0.39, 0.29) is 37.8 Å². The van der Waals surface area contributed by atoms with Gasteiger partial charge in [-0.1, -0.05) is 47.7 Å². The van der Waals surface area contributed by atoms with Crippen molar-refractivity contribution in [3.8, 4) is 0 Å². The molecule has 5 N–H and O–H groups in total. The zero-order valence-electron chi connectivity index (χ0n) is 24.8. The smallest absolute Gasteiger partial charge is 0.339 e. The van der Waals surface area contributed by atoms with Gasteiger partial charge in [-0.2, -0.15) is 0 Å². The number of aliphatic hydroxyl groups excluding tert-OH is 1. The van der Waals surface area contributed by atoms with Crippen LogP contribution in [0.5, 0.6) is 0 Å². The largest absolute Gasteiger partial charge is 0.464 e. The second-order valence-corrected chi connectivity index (χ2v) is 10.3. The van der Waals surface area contributed by atoms with Crippen molar-refractivity contribution < 1.29 is 34.2 Å². The number of hydroxylamine groups is 1. The number of hydrogen-bond donors (Lipinski definition) is 5. The zero-order chi connectivity index (χ0) is 31.7. The lowest BCUT2D eigenvalue weighted by Crippen LogP contribution is -2.34. The lowest BCUT2D eigenvalue weighted by molar-refractivity contribution is -0.153. The number of aromatic nitrogens is 3. The van der Waals surface area contributed by atoms with Crippen molar-refractivity contribution in [1.82, 2.24) is 25.8 Å². The lowest BCUT2D eigenvalue weighted by atomic mass is 9.95. The maximum atomic E-state index is 12.8. The number of carbonyl (C=O) groups excluding carboxylic acids is 4. The Morgan fingerprint density at radius 3 is 2.43 bits per heavy atom. The number of aliphatic hydroxyl groups is 1. The predicted molar refractivity (Wildman–Crippen MR) is 160 cm³/mol. The second kappa shape index (κ2) is 18.1. The number of nitrogens with zero attached hydrogens (tertiary/aromatic N) is 3. The fourth-order valence-corrected chi connectivity index (χ4v) is 4.53. The van der Waals surface area contributed by atoms with E-state index in [1.807, 2.05) is 30.3 Å². The molecule has 0 bridgehead atoms. The van der Waals surface area contributed by atoms with Gasteiger partial charge in [0.05, 0.1) is 19.3 Å². The van der Waals surface area contributed by atoms with Crippen molar-refractivity contribution in [3.05, 3.63) is 77.6 Å². The number of anilines is 1. The highest BCUT2D eigenvalue weighted by Crippen LogP contribution is 2.18. The van der Waals surface area contributed by atoms with Gasteiger partial charge in [0.2, 0.25) is 17.7 Å². The molecule has 2 atom stereocenters. The Morgan fingerprint density at radius 1 is 0.977 bits per heavy atom. The third-order valence-electron chi connectivity index (χ3n) is 6.88. The molecule has 3 rings (SSSR count). The molecule has 13 heteroatoms. The standard InChI is InChI=1S/C31H40N6O7/c1-2-44-31(42)29(40)23-14-16-25(17-15-23)33-27(38)13-6-7-18-37-21-26(34-36-37)20-32-30(41)24(19-28(39)35-43)12-8-11-22-9-4-3-5-10-22/h3-5,9-10,14-17,21,24,29,40,43H,2,6-8,11-13,18-20H2,1H3,(H,32,41)(H,33,38)(H,35,39). The van der Waals surface area contributed by atoms with Gasteiger partial charge in [-0.25, -0.2) is 10.3 Å². The number of nitrogens with one attached hydrogen (secondary N) is 3. The van der Waals surface area contributed by atoms with Crippen molar-refractivity contribution in [2.45, 2.75) is 71.1 Å². The average molecular weight is 609 g/mol. The summed E-state index contributed by atoms with van der Waals surface area (Å²) in [6, 6.07) is 16.2. The first kappa shape index (κ1) is 33.9. The lowest BCUT2D eigenvalue weighted by Gasteiger charge is -2.15. The number of esters is 1. The molecule has 44 heavy (non-hydrogen) atoms. The van der Waals surface area contributed by atoms with Crippen molar-refractivity contribution in [2.75, 3.05) is 11.9 Å². The van der Waals surface area contributed by atoms with E-state index in [1.54, 1.807) is 47.5 Å². The van der Waals surface area contributed by atoms with Crippen LogP contribution in [0.3, 0.4) is 0 Å². The summed E-state index contributed by atoms with van der Waals surface area (Å²) in [5.41, 5.74) is 4.23. The number of hydrogen-bond acceptors (Lipinski definition) is 9. The monoisotopic (exact) mass is 608 g/mol. The van der Waals surface area contributed by atoms with E-state index in [4.69, 9.17) is 9.94 Å². The normalized spacial score (nSPS) is 12.2. The van der Waals surface area contributed by atoms with Crippen molar-refractivity contribution in [2.24, 2.45) is 5.92 Å². The van der Waals surface area contributed by atoms with Crippen molar-refractivity contribution in [3.63, 3.8) is 0 Å². The highest BCUT2D eigenvalue weighted by Gasteiger charge is 2.22. The average Bonchev–Trinajstić information content (AvgIpc) is 3.49. The first-order chi connectivity index (χ1) is 21.3. The molecule has 0 saturated carbocycles. The van der Waals surface area contributed by atoms with E-state index in [2.05, 4.69) is 20.9 Å². The van der Waals surface area contributed by atoms with Crippen LogP contribution < -0.4 is 16.1 Å². The molecule has 0 saturated heterocycles. The quantitative estimate of drug-likeness (QED) is 0.0627. The highest BCUT2D eigenvalue weighted by atomic mass is 16.5. The Bertz CT molecular complexity index is 1350. The summed E-state index contributed by atoms with van der Waals surface area (Å²) in [7, 11) is 0. The van der Waals surface area contributed by atoms with Crippen molar-refractivity contribution >= 4 is 29.4 Å². The van der Waals surface area contributed by atoms with Crippen LogP contribution in [0.1, 0.15) is 68.4 Å². The summed E-state index contributed by atoms with van der Waals surface area (Å²) in [5.74, 6) is -2.41. The van der Waals surface area contributed by atoms with Crippen LogP contribution in [-0.2, 0) is 43.4 Å². The SMILES string of the molecule is CCOC(=O)C(O)c1ccc(NC(=O)CCCCn2cc(CNC(=O)C(CCCc3ccccc3)CC(=O)NO)nn2)cc1. The number of benzene rings is 2. The van der Waals surface area contributed by atoms with E-state index in [0.29, 0.717) is 49.2 Å². The summed E-state index contributed by atoms with van der Waals surface area (Å²) in [5, 5.41) is 32.7. The Labute approximate surface area is 255 Å². The molecule has 0 aliphatic carbocycles. The molecule has 2 aromatic carbocycles. The van der Waals surface area contributed by atoms with Gasteiger partial charge in [0.15, 0.2) is 6.10 Å². The molecule has 3 aromatic rings. The fraction of sp³-hybridized carbons (Fsp3) is 0.419. The Kier molecular flexibility index (Phi) is 14.0. The summed E-state index contributed by atoms with van der Waals surface area (Å²) in [6.45, 7) is 2.51. The Morgan fingerprint density at radius 2 is 1.73 bits per heavy atom. The van der Waals surface area contributed by atoms with Gasteiger partial charge in [-0.05, 0) is 62.3 Å². The molecule has 2 unspecified atom stereocenters. The van der Waals surface area contributed by atoms with E-state index in [1.165, 1.54) is 0 Å². The Hall–Kier alpha value is -4.62. The maximum Gasteiger partial charge on any atom is 0.339 e. The van der Waals surface area contributed by atoms with Gasteiger partial charge in [0.25, 0.3) is 0 Å². The zero-order valence-corrected chi connectivity index (χ0v) is 24.8. The fourth-order valence-electron chi connectivity index (χ4n) is 4.53. The summed E-state index contributed by atoms with van der Waals surface area (Å²) >= 11 is 0. The van der Waals surface area contributed by atoms with Crippen LogP contribution in [0.25, 0.3) is 0 Å². The van der Waals surface area contributed by atoms with Gasteiger partial charge >= 0.3 is 5.97 Å². The molecular formula is C31H40N6O7. The molecule has 0 spiro atoms. The van der Waals surface area contributed by atoms with E-state index in [0.717, 1.165) is 12.0 Å². The van der Waals surface area contributed by atoms with Gasteiger partial charge in [-0.3, -0.25) is 24.3 Å². The molecular weight excluding hydrogens is 568 g/mol. The van der Waals surface area contributed by atoms with Gasteiger partial charge < -0.3 is 20.5 Å². The van der Waals surface area contributed by atoms with E-state index >= 15 is 0 Å². The molecule has 0 aliphatic heterocycles. The minimum atomic E-state index is -1.37. The number of unbranched alkanes of at least 4 members (excludes halogenated alkanes) is 1. The van der Waals surface area contributed by atoms with Crippen LogP contribution in [-0.4, -0.2) is 55.6 Å². The number of amides is 3. The van der Waals surface area contributed by atoms with Gasteiger partial charge in [0, 0.05) is 31.0 Å². The molecule has 13 nitrogen and oxygen atoms in total. The number of carbonyl (C=O) groups is 4. The van der Waals surface area contributed by atoms with E-state index < -0.39 is 23.9 Å². The predicted octanol–water partition coefficient (Wildman–Crippen LogP) is 2.83. The minimum absolute atomic E-state index is 0.124. The van der Waals surface area contributed by atoms with Gasteiger partial charge in [-0.15, -0.1) is 5.10 Å². The third-order valence-corrected chi connectivity index (χ3v) is 6.88. The summed E-state index contributed by atoms with van der Waals surface area (Å²) < 4.78 is 6.45. The van der Waals surface area contributed by atoms with Crippen LogP contribution >= 0.6 is 0 Å². The number of aryl methyl sites for hydroxylation is 2. The summed E-state index contributed by atoms with van der Waals surface area (Å²) in [4.78, 5) is 48.6. The second-order valence-electron chi connectivity index (χ2n) is 10.3. The first-order valence-electron chi connectivity index (χ1n) is 14.7. The van der Waals surface area contributed by atoms with Crippen LogP contribution in [0.4, 0.5) is 5.69 Å². The highest BCUT2D eigenvalue weighted by molar-refractivity contribution is 5.90. The number of rotatable bonds is 18. The molecule has 236 valence electrons. The maximum absolute atomic E-state index is 12.8. The van der Waals surface area contributed by atoms with Crippen LogP contribution in [0.2, 0.25) is 0 Å². The Balaban J connectivity index is 1.36. The molecule has 3 amide bonds. The minimum Gasteiger partial charge on any atom is -0.464 e. The third kappa shape index (κ3) is 11.6. The topological polar surface area (TPSA) is 185 Å². The molecule has 1 heterocycles. The molecule has 0 fully saturated rings. The molecule has 0 aliphatic rings. The van der Waals surface area contributed by atoms with E-state index in [9.17, 15) is 24.3 Å². The molecule has 1 aromatic heterocycles. The van der Waals surface area contributed by atoms with Gasteiger partial charge in [0.1, 0.15) is 5.69 Å².